The highest BCUT2D eigenvalue weighted by molar-refractivity contribution is 6.33. The third kappa shape index (κ3) is 2.49. The van der Waals surface area contributed by atoms with Crippen LogP contribution in [0.1, 0.15) is 11.4 Å². The lowest BCUT2D eigenvalue weighted by atomic mass is 10.1. The van der Waals surface area contributed by atoms with Crippen LogP contribution < -0.4 is 0 Å². The van der Waals surface area contributed by atoms with E-state index in [0.717, 1.165) is 5.56 Å². The summed E-state index contributed by atoms with van der Waals surface area (Å²) in [5.41, 5.74) is 1.02. The Morgan fingerprint density at radius 1 is 1.00 bits per heavy atom. The minimum atomic E-state index is -0.778. The van der Waals surface area contributed by atoms with Gasteiger partial charge in [0.2, 0.25) is 0 Å². The van der Waals surface area contributed by atoms with Crippen LogP contribution >= 0.6 is 23.2 Å². The highest BCUT2D eigenvalue weighted by Crippen LogP contribution is 2.19. The van der Waals surface area contributed by atoms with E-state index in [1.54, 1.807) is 0 Å². The molecule has 0 saturated carbocycles. The number of benzene rings is 1. The maximum absolute atomic E-state index is 13.1. The zero-order valence-corrected chi connectivity index (χ0v) is 9.63. The van der Waals surface area contributed by atoms with Crippen molar-refractivity contribution in [2.75, 3.05) is 0 Å². The largest absolute Gasteiger partial charge is 0.218 e. The Bertz CT molecular complexity index is 480. The van der Waals surface area contributed by atoms with Crippen molar-refractivity contribution in [2.45, 2.75) is 6.42 Å². The van der Waals surface area contributed by atoms with Gasteiger partial charge in [-0.15, -0.1) is 0 Å². The minimum Gasteiger partial charge on any atom is -0.218 e. The van der Waals surface area contributed by atoms with Crippen LogP contribution in [0.2, 0.25) is 10.3 Å². The summed E-state index contributed by atoms with van der Waals surface area (Å²) in [4.78, 5) is 7.65. The molecule has 5 heteroatoms. The topological polar surface area (TPSA) is 25.8 Å². The third-order valence-corrected chi connectivity index (χ3v) is 2.52. The van der Waals surface area contributed by atoms with E-state index in [0.29, 0.717) is 12.2 Å². The fourth-order valence-corrected chi connectivity index (χ4v) is 1.71. The van der Waals surface area contributed by atoms with Crippen molar-refractivity contribution in [1.29, 1.82) is 0 Å². The molecule has 2 aromatic rings. The summed E-state index contributed by atoms with van der Waals surface area (Å²) in [5.74, 6) is -0.372. The zero-order chi connectivity index (χ0) is 11.5. The Balaban J connectivity index is 2.29. The van der Waals surface area contributed by atoms with Gasteiger partial charge >= 0.3 is 0 Å². The van der Waals surface area contributed by atoms with Crippen molar-refractivity contribution in [2.24, 2.45) is 0 Å². The Hall–Kier alpha value is -1.19. The van der Waals surface area contributed by atoms with Gasteiger partial charge in [0.25, 0.3) is 0 Å². The summed E-state index contributed by atoms with van der Waals surface area (Å²) in [6, 6.07) is 9.57. The van der Waals surface area contributed by atoms with Gasteiger partial charge in [-0.1, -0.05) is 53.5 Å². The first-order valence-electron chi connectivity index (χ1n) is 4.58. The molecule has 1 aromatic carbocycles. The predicted octanol–water partition coefficient (Wildman–Crippen LogP) is 3.51. The van der Waals surface area contributed by atoms with Gasteiger partial charge in [0.15, 0.2) is 16.1 Å². The molecule has 0 aliphatic heterocycles. The number of nitrogens with zero attached hydrogens (tertiary/aromatic N) is 2. The van der Waals surface area contributed by atoms with Crippen LogP contribution in [0.15, 0.2) is 30.3 Å². The lowest BCUT2D eigenvalue weighted by Crippen LogP contribution is -1.99. The summed E-state index contributed by atoms with van der Waals surface area (Å²) in [6.45, 7) is 0. The van der Waals surface area contributed by atoms with Crippen LogP contribution in [0.3, 0.4) is 0 Å². The van der Waals surface area contributed by atoms with Crippen LogP contribution in [0.25, 0.3) is 0 Å². The first-order valence-corrected chi connectivity index (χ1v) is 5.34. The van der Waals surface area contributed by atoms with Gasteiger partial charge in [-0.2, -0.15) is 0 Å². The molecule has 0 saturated heterocycles. The van der Waals surface area contributed by atoms with Gasteiger partial charge in [-0.3, -0.25) is 0 Å². The van der Waals surface area contributed by atoms with Crippen LogP contribution in [0, 0.1) is 5.82 Å². The molecule has 0 spiro atoms. The lowest BCUT2D eigenvalue weighted by Gasteiger charge is -2.02. The van der Waals surface area contributed by atoms with E-state index in [1.165, 1.54) is 0 Å². The Kier molecular flexibility index (Phi) is 3.36. The van der Waals surface area contributed by atoms with E-state index >= 15 is 0 Å². The molecular weight excluding hydrogens is 250 g/mol. The first-order chi connectivity index (χ1) is 7.66. The Morgan fingerprint density at radius 3 is 2.12 bits per heavy atom. The molecule has 0 N–H and O–H groups in total. The molecule has 1 aromatic heterocycles. The first kappa shape index (κ1) is 11.3. The fraction of sp³-hybridized carbons (Fsp3) is 0.0909. The van der Waals surface area contributed by atoms with Crippen LogP contribution in [0.5, 0.6) is 0 Å². The monoisotopic (exact) mass is 256 g/mol. The minimum absolute atomic E-state index is 0.245. The molecule has 1 heterocycles. The summed E-state index contributed by atoms with van der Waals surface area (Å²) >= 11 is 11.1. The van der Waals surface area contributed by atoms with E-state index in [-0.39, 0.29) is 10.3 Å². The Morgan fingerprint density at radius 2 is 1.56 bits per heavy atom. The highest BCUT2D eigenvalue weighted by Gasteiger charge is 2.10. The van der Waals surface area contributed by atoms with Crippen LogP contribution in [-0.4, -0.2) is 9.97 Å². The summed E-state index contributed by atoms with van der Waals surface area (Å²) in [6.07, 6.45) is 0.473. The molecule has 0 radical (unpaired) electrons. The second kappa shape index (κ2) is 4.76. The molecule has 16 heavy (non-hydrogen) atoms. The maximum Gasteiger partial charge on any atom is 0.197 e. The van der Waals surface area contributed by atoms with Gasteiger partial charge < -0.3 is 0 Å². The molecular formula is C11H7Cl2FN2. The van der Waals surface area contributed by atoms with E-state index in [9.17, 15) is 4.39 Å². The van der Waals surface area contributed by atoms with Crippen LogP contribution in [-0.2, 0) is 6.42 Å². The quantitative estimate of drug-likeness (QED) is 0.769. The van der Waals surface area contributed by atoms with E-state index in [4.69, 9.17) is 23.2 Å². The predicted molar refractivity (Wildman–Crippen MR) is 61.3 cm³/mol. The van der Waals surface area contributed by atoms with Gasteiger partial charge in [0.1, 0.15) is 5.82 Å². The molecule has 2 nitrogen and oxygen atoms in total. The van der Waals surface area contributed by atoms with Crippen molar-refractivity contribution in [3.8, 4) is 0 Å². The molecule has 0 aliphatic carbocycles. The maximum atomic E-state index is 13.1. The normalized spacial score (nSPS) is 10.4. The van der Waals surface area contributed by atoms with Gasteiger partial charge in [-0.25, -0.2) is 14.4 Å². The number of hydrogen-bond acceptors (Lipinski definition) is 2. The fourth-order valence-electron chi connectivity index (χ4n) is 1.29. The molecule has 0 atom stereocenters. The highest BCUT2D eigenvalue weighted by atomic mass is 35.5. The molecule has 0 unspecified atom stereocenters. The average molecular weight is 257 g/mol. The number of hydrogen-bond donors (Lipinski definition) is 0. The smallest absolute Gasteiger partial charge is 0.197 e. The van der Waals surface area contributed by atoms with Crippen molar-refractivity contribution in [1.82, 2.24) is 9.97 Å². The zero-order valence-electron chi connectivity index (χ0n) is 8.12. The van der Waals surface area contributed by atoms with E-state index < -0.39 is 5.82 Å². The molecule has 2 rings (SSSR count). The number of halogens is 3. The summed E-state index contributed by atoms with van der Waals surface area (Å²) in [7, 11) is 0. The molecule has 0 amide bonds. The van der Waals surface area contributed by atoms with Gasteiger partial charge in [0.05, 0.1) is 0 Å². The van der Waals surface area contributed by atoms with E-state index in [1.807, 2.05) is 30.3 Å². The number of aromatic nitrogens is 2. The molecule has 0 bridgehead atoms. The van der Waals surface area contributed by atoms with Gasteiger partial charge in [0, 0.05) is 6.42 Å². The van der Waals surface area contributed by atoms with Gasteiger partial charge in [-0.05, 0) is 5.56 Å². The molecule has 82 valence electrons. The van der Waals surface area contributed by atoms with Crippen molar-refractivity contribution >= 4 is 23.2 Å². The second-order valence-electron chi connectivity index (χ2n) is 3.20. The van der Waals surface area contributed by atoms with Crippen molar-refractivity contribution < 1.29 is 4.39 Å². The Labute approximate surface area is 102 Å². The van der Waals surface area contributed by atoms with Crippen LogP contribution in [0.4, 0.5) is 4.39 Å². The van der Waals surface area contributed by atoms with Crippen molar-refractivity contribution in [3.05, 3.63) is 57.8 Å². The standard InChI is InChI=1S/C11H7Cl2FN2/c12-10-9(14)11(13)16-8(15-10)6-7-4-2-1-3-5-7/h1-5H,6H2. The average Bonchev–Trinajstić information content (AvgIpc) is 2.27. The SMILES string of the molecule is Fc1c(Cl)nc(Cc2ccccc2)nc1Cl. The van der Waals surface area contributed by atoms with E-state index in [2.05, 4.69) is 9.97 Å². The van der Waals surface area contributed by atoms with Crippen molar-refractivity contribution in [3.63, 3.8) is 0 Å². The summed E-state index contributed by atoms with van der Waals surface area (Å²) < 4.78 is 13.1. The lowest BCUT2D eigenvalue weighted by molar-refractivity contribution is 0.611. The summed E-state index contributed by atoms with van der Waals surface area (Å²) in [5, 5.41) is -0.489. The number of rotatable bonds is 2. The molecule has 0 fully saturated rings. The second-order valence-corrected chi connectivity index (χ2v) is 3.91. The third-order valence-electron chi connectivity index (χ3n) is 2.02. The molecule has 0 aliphatic rings.